The maximum absolute atomic E-state index is 13.0. The Morgan fingerprint density at radius 1 is 0.963 bits per heavy atom. The molecule has 0 N–H and O–H groups in total. The smallest absolute Gasteiger partial charge is 0.174 e. The van der Waals surface area contributed by atoms with Gasteiger partial charge in [0, 0.05) is 0 Å². The van der Waals surface area contributed by atoms with Crippen LogP contribution in [-0.4, -0.2) is 25.1 Å². The molecule has 1 aliphatic heterocycles. The van der Waals surface area contributed by atoms with Gasteiger partial charge in [-0.25, -0.2) is 0 Å². The van der Waals surface area contributed by atoms with E-state index >= 15 is 0 Å². The molecule has 27 heavy (non-hydrogen) atoms. The zero-order valence-electron chi connectivity index (χ0n) is 16.5. The summed E-state index contributed by atoms with van der Waals surface area (Å²) in [4.78, 5) is 13.0. The summed E-state index contributed by atoms with van der Waals surface area (Å²) >= 11 is 0. The lowest BCUT2D eigenvalue weighted by atomic mass is 9.84. The lowest BCUT2D eigenvalue weighted by Gasteiger charge is -2.19. The van der Waals surface area contributed by atoms with Crippen LogP contribution in [0.15, 0.2) is 48.5 Å². The van der Waals surface area contributed by atoms with Gasteiger partial charge in [-0.05, 0) is 55.7 Å². The highest BCUT2D eigenvalue weighted by molar-refractivity contribution is 5.95. The summed E-state index contributed by atoms with van der Waals surface area (Å²) in [6.07, 6.45) is 1.83. The molecule has 0 saturated carbocycles. The van der Waals surface area contributed by atoms with Gasteiger partial charge in [-0.15, -0.1) is 0 Å². The van der Waals surface area contributed by atoms with Gasteiger partial charge in [0.1, 0.15) is 17.1 Å². The number of carbonyl (C=O) groups is 1. The Morgan fingerprint density at radius 2 is 1.56 bits per heavy atom. The first-order chi connectivity index (χ1) is 13.0. The van der Waals surface area contributed by atoms with Crippen LogP contribution in [0.4, 0.5) is 0 Å². The third-order valence-corrected chi connectivity index (χ3v) is 5.05. The Kier molecular flexibility index (Phi) is 5.85. The van der Waals surface area contributed by atoms with E-state index in [1.807, 2.05) is 62.4 Å². The summed E-state index contributed by atoms with van der Waals surface area (Å²) in [5, 5.41) is 0. The van der Waals surface area contributed by atoms with E-state index in [-0.39, 0.29) is 17.8 Å². The minimum atomic E-state index is -0.814. The molecule has 0 radical (unpaired) electrons. The normalized spacial score (nSPS) is 21.3. The van der Waals surface area contributed by atoms with Crippen molar-refractivity contribution in [2.24, 2.45) is 0 Å². The molecule has 1 heterocycles. The molecule has 1 fully saturated rings. The van der Waals surface area contributed by atoms with E-state index in [2.05, 4.69) is 6.92 Å². The summed E-state index contributed by atoms with van der Waals surface area (Å²) in [5.41, 5.74) is 1.11. The summed E-state index contributed by atoms with van der Waals surface area (Å²) < 4.78 is 17.2. The number of hydrogen-bond donors (Lipinski definition) is 0. The second-order valence-electron chi connectivity index (χ2n) is 7.43. The van der Waals surface area contributed by atoms with E-state index in [1.165, 1.54) is 0 Å². The quantitative estimate of drug-likeness (QED) is 0.640. The predicted molar refractivity (Wildman–Crippen MR) is 105 cm³/mol. The van der Waals surface area contributed by atoms with Gasteiger partial charge in [-0.3, -0.25) is 4.79 Å². The zero-order valence-corrected chi connectivity index (χ0v) is 16.5. The third-order valence-electron chi connectivity index (χ3n) is 5.05. The maximum Gasteiger partial charge on any atom is 0.174 e. The van der Waals surface area contributed by atoms with Crippen LogP contribution in [0.2, 0.25) is 0 Å². The number of unbranched alkanes of at least 4 members (excludes halogenated alkanes) is 1. The maximum atomic E-state index is 13.0. The summed E-state index contributed by atoms with van der Waals surface area (Å²) in [6.45, 7) is 6.54. The molecule has 0 spiro atoms. The Hall–Kier alpha value is -2.33. The van der Waals surface area contributed by atoms with Crippen molar-refractivity contribution in [1.29, 1.82) is 0 Å². The highest BCUT2D eigenvalue weighted by Crippen LogP contribution is 2.47. The molecule has 3 rings (SSSR count). The zero-order chi connectivity index (χ0) is 19.4. The first kappa shape index (κ1) is 19.4. The van der Waals surface area contributed by atoms with Gasteiger partial charge in [0.05, 0.1) is 25.7 Å². The molecular weight excluding hydrogens is 340 g/mol. The van der Waals surface area contributed by atoms with Gasteiger partial charge < -0.3 is 14.2 Å². The standard InChI is InChI=1S/C23H28O4/c1-5-6-15-26-19-13-9-17(10-14-19)21-20(22(24)23(2,3)27-21)16-7-11-18(25-4)12-8-16/h7-14,20-21H,5-6,15H2,1-4H3. The number of carbonyl (C=O) groups excluding carboxylic acids is 1. The molecule has 0 aromatic heterocycles. The van der Waals surface area contributed by atoms with E-state index in [0.717, 1.165) is 42.1 Å². The first-order valence-corrected chi connectivity index (χ1v) is 9.55. The topological polar surface area (TPSA) is 44.8 Å². The Morgan fingerprint density at radius 3 is 2.15 bits per heavy atom. The van der Waals surface area contributed by atoms with Crippen molar-refractivity contribution in [2.45, 2.75) is 51.2 Å². The van der Waals surface area contributed by atoms with Gasteiger partial charge in [0.15, 0.2) is 5.78 Å². The number of methoxy groups -OCH3 is 1. The number of Topliss-reactive ketones (excluding diaryl/α,β-unsaturated/α-hetero) is 1. The van der Waals surface area contributed by atoms with Gasteiger partial charge >= 0.3 is 0 Å². The average Bonchev–Trinajstić information content (AvgIpc) is 2.92. The Bertz CT molecular complexity index is 762. The number of benzene rings is 2. The molecule has 2 aromatic carbocycles. The van der Waals surface area contributed by atoms with Crippen LogP contribution in [0.3, 0.4) is 0 Å². The summed E-state index contributed by atoms with van der Waals surface area (Å²) in [7, 11) is 1.63. The van der Waals surface area contributed by atoms with Crippen molar-refractivity contribution in [2.75, 3.05) is 13.7 Å². The molecule has 2 atom stereocenters. The molecule has 0 bridgehead atoms. The summed E-state index contributed by atoms with van der Waals surface area (Å²) in [5.74, 6) is 1.38. The number of rotatable bonds is 7. The molecule has 4 heteroatoms. The van der Waals surface area contributed by atoms with Crippen LogP contribution in [0.25, 0.3) is 0 Å². The van der Waals surface area contributed by atoms with Gasteiger partial charge in [0.25, 0.3) is 0 Å². The van der Waals surface area contributed by atoms with Crippen molar-refractivity contribution in [3.63, 3.8) is 0 Å². The van der Waals surface area contributed by atoms with E-state index in [9.17, 15) is 4.79 Å². The monoisotopic (exact) mass is 368 g/mol. The largest absolute Gasteiger partial charge is 0.497 e. The molecule has 1 aliphatic rings. The highest BCUT2D eigenvalue weighted by Gasteiger charge is 2.49. The molecule has 144 valence electrons. The van der Waals surface area contributed by atoms with E-state index in [4.69, 9.17) is 14.2 Å². The molecule has 2 unspecified atom stereocenters. The predicted octanol–water partition coefficient (Wildman–Crippen LogP) is 5.08. The van der Waals surface area contributed by atoms with Crippen LogP contribution >= 0.6 is 0 Å². The fourth-order valence-corrected chi connectivity index (χ4v) is 3.44. The van der Waals surface area contributed by atoms with Crippen LogP contribution in [0.5, 0.6) is 11.5 Å². The molecule has 0 aliphatic carbocycles. The highest BCUT2D eigenvalue weighted by atomic mass is 16.5. The Labute approximate surface area is 161 Å². The van der Waals surface area contributed by atoms with Gasteiger partial charge in [0.2, 0.25) is 0 Å². The second-order valence-corrected chi connectivity index (χ2v) is 7.43. The van der Waals surface area contributed by atoms with Crippen molar-refractivity contribution in [1.82, 2.24) is 0 Å². The first-order valence-electron chi connectivity index (χ1n) is 9.55. The second kappa shape index (κ2) is 8.13. The fourth-order valence-electron chi connectivity index (χ4n) is 3.44. The molecule has 1 saturated heterocycles. The van der Waals surface area contributed by atoms with E-state index < -0.39 is 5.60 Å². The lowest BCUT2D eigenvalue weighted by Crippen LogP contribution is -2.29. The van der Waals surface area contributed by atoms with Crippen molar-refractivity contribution in [3.05, 3.63) is 59.7 Å². The van der Waals surface area contributed by atoms with E-state index in [1.54, 1.807) is 7.11 Å². The lowest BCUT2D eigenvalue weighted by molar-refractivity contribution is -0.130. The minimum absolute atomic E-state index is 0.0981. The number of ketones is 1. The summed E-state index contributed by atoms with van der Waals surface area (Å²) in [6, 6.07) is 15.6. The Balaban J connectivity index is 1.86. The van der Waals surface area contributed by atoms with Crippen LogP contribution in [0.1, 0.15) is 56.8 Å². The van der Waals surface area contributed by atoms with E-state index in [0.29, 0.717) is 0 Å². The average molecular weight is 368 g/mol. The van der Waals surface area contributed by atoms with Crippen molar-refractivity contribution in [3.8, 4) is 11.5 Å². The molecule has 0 amide bonds. The third kappa shape index (κ3) is 4.16. The number of ether oxygens (including phenoxy) is 3. The van der Waals surface area contributed by atoms with Crippen LogP contribution in [0, 0.1) is 0 Å². The van der Waals surface area contributed by atoms with Crippen LogP contribution < -0.4 is 9.47 Å². The molecular formula is C23H28O4. The fraction of sp³-hybridized carbons (Fsp3) is 0.435. The minimum Gasteiger partial charge on any atom is -0.497 e. The SMILES string of the molecule is CCCCOc1ccc(C2OC(C)(C)C(=O)C2c2ccc(OC)cc2)cc1. The van der Waals surface area contributed by atoms with Gasteiger partial charge in [-0.1, -0.05) is 37.6 Å². The number of hydrogen-bond acceptors (Lipinski definition) is 4. The molecule has 4 nitrogen and oxygen atoms in total. The molecule has 2 aromatic rings. The van der Waals surface area contributed by atoms with Crippen molar-refractivity contribution >= 4 is 5.78 Å². The van der Waals surface area contributed by atoms with Crippen molar-refractivity contribution < 1.29 is 19.0 Å². The van der Waals surface area contributed by atoms with Gasteiger partial charge in [-0.2, -0.15) is 0 Å². The van der Waals surface area contributed by atoms with Crippen LogP contribution in [-0.2, 0) is 9.53 Å².